The highest BCUT2D eigenvalue weighted by Crippen LogP contribution is 2.43. The van der Waals surface area contributed by atoms with Crippen molar-refractivity contribution < 1.29 is 13.9 Å². The Morgan fingerprint density at radius 2 is 1.95 bits per heavy atom. The summed E-state index contributed by atoms with van der Waals surface area (Å²) in [5, 5.41) is 3.62. The fourth-order valence-electron chi connectivity index (χ4n) is 2.86. The van der Waals surface area contributed by atoms with Crippen LogP contribution in [0.5, 0.6) is 11.5 Å². The fraction of sp³-hybridized carbons (Fsp3) is 0.412. The average Bonchev–Trinajstić information content (AvgIpc) is 3.23. The van der Waals surface area contributed by atoms with Crippen LogP contribution in [-0.4, -0.2) is 13.2 Å². The summed E-state index contributed by atoms with van der Waals surface area (Å²) < 4.78 is 16.7. The van der Waals surface area contributed by atoms with Crippen molar-refractivity contribution in [3.8, 4) is 11.5 Å². The maximum atomic E-state index is 5.69. The van der Waals surface area contributed by atoms with Gasteiger partial charge in [0.1, 0.15) is 19.0 Å². The molecule has 1 aliphatic heterocycles. The third kappa shape index (κ3) is 2.76. The Morgan fingerprint density at radius 3 is 2.71 bits per heavy atom. The second-order valence-corrected chi connectivity index (χ2v) is 5.68. The Morgan fingerprint density at radius 1 is 1.10 bits per heavy atom. The molecule has 1 saturated carbocycles. The zero-order valence-corrected chi connectivity index (χ0v) is 11.9. The van der Waals surface area contributed by atoms with Gasteiger partial charge in [-0.2, -0.15) is 0 Å². The van der Waals surface area contributed by atoms with Gasteiger partial charge >= 0.3 is 0 Å². The monoisotopic (exact) mass is 285 g/mol. The largest absolute Gasteiger partial charge is 0.486 e. The lowest BCUT2D eigenvalue weighted by molar-refractivity contribution is 0.171. The first-order chi connectivity index (χ1) is 10.4. The van der Waals surface area contributed by atoms with Gasteiger partial charge in [-0.1, -0.05) is 6.07 Å². The molecule has 4 heteroatoms. The molecule has 21 heavy (non-hydrogen) atoms. The van der Waals surface area contributed by atoms with Gasteiger partial charge in [0.15, 0.2) is 11.5 Å². The van der Waals surface area contributed by atoms with E-state index >= 15 is 0 Å². The number of ether oxygens (including phenoxy) is 2. The number of rotatable bonds is 5. The molecular weight excluding hydrogens is 266 g/mol. The van der Waals surface area contributed by atoms with Gasteiger partial charge < -0.3 is 19.2 Å². The molecular formula is C17H19NO3. The van der Waals surface area contributed by atoms with Crippen molar-refractivity contribution in [2.75, 3.05) is 13.2 Å². The van der Waals surface area contributed by atoms with Gasteiger partial charge in [0.2, 0.25) is 0 Å². The molecule has 4 rings (SSSR count). The summed E-state index contributed by atoms with van der Waals surface area (Å²) in [6.45, 7) is 2.02. The minimum Gasteiger partial charge on any atom is -0.486 e. The molecule has 0 bridgehead atoms. The van der Waals surface area contributed by atoms with Crippen molar-refractivity contribution in [3.63, 3.8) is 0 Å². The highest BCUT2D eigenvalue weighted by atomic mass is 16.6. The van der Waals surface area contributed by atoms with E-state index in [1.165, 1.54) is 18.4 Å². The summed E-state index contributed by atoms with van der Waals surface area (Å²) in [6, 6.07) is 10.6. The van der Waals surface area contributed by atoms with E-state index in [1.807, 2.05) is 18.2 Å². The van der Waals surface area contributed by atoms with Crippen LogP contribution in [0.15, 0.2) is 41.0 Å². The molecule has 1 aliphatic carbocycles. The van der Waals surface area contributed by atoms with Crippen LogP contribution in [0.2, 0.25) is 0 Å². The van der Waals surface area contributed by atoms with Crippen molar-refractivity contribution in [1.82, 2.24) is 5.32 Å². The van der Waals surface area contributed by atoms with Gasteiger partial charge in [0.25, 0.3) is 0 Å². The van der Waals surface area contributed by atoms with Crippen LogP contribution < -0.4 is 14.8 Å². The molecule has 1 fully saturated rings. The van der Waals surface area contributed by atoms with Crippen LogP contribution in [0.1, 0.15) is 30.2 Å². The highest BCUT2D eigenvalue weighted by molar-refractivity contribution is 5.45. The molecule has 0 radical (unpaired) electrons. The van der Waals surface area contributed by atoms with Crippen molar-refractivity contribution in [1.29, 1.82) is 0 Å². The molecule has 2 heterocycles. The molecule has 1 N–H and O–H groups in total. The number of nitrogens with one attached hydrogen (secondary N) is 1. The summed E-state index contributed by atoms with van der Waals surface area (Å²) in [6.07, 6.45) is 4.28. The van der Waals surface area contributed by atoms with Crippen LogP contribution in [0.3, 0.4) is 0 Å². The van der Waals surface area contributed by atoms with Gasteiger partial charge in [0, 0.05) is 6.04 Å². The molecule has 0 spiro atoms. The lowest BCUT2D eigenvalue weighted by atomic mass is 10.0. The fourth-order valence-corrected chi connectivity index (χ4v) is 2.86. The maximum Gasteiger partial charge on any atom is 0.161 e. The lowest BCUT2D eigenvalue weighted by Gasteiger charge is -2.22. The van der Waals surface area contributed by atoms with E-state index in [2.05, 4.69) is 17.4 Å². The third-order valence-corrected chi connectivity index (χ3v) is 4.10. The molecule has 0 amide bonds. The van der Waals surface area contributed by atoms with Crippen LogP contribution >= 0.6 is 0 Å². The van der Waals surface area contributed by atoms with Gasteiger partial charge in [-0.15, -0.1) is 0 Å². The summed E-state index contributed by atoms with van der Waals surface area (Å²) in [7, 11) is 0. The predicted octanol–water partition coefficient (Wildman–Crippen LogP) is 3.29. The van der Waals surface area contributed by atoms with Crippen molar-refractivity contribution in [3.05, 3.63) is 47.9 Å². The first kappa shape index (κ1) is 12.8. The van der Waals surface area contributed by atoms with Gasteiger partial charge in [0.05, 0.1) is 12.8 Å². The first-order valence-corrected chi connectivity index (χ1v) is 7.55. The Kier molecular flexibility index (Phi) is 3.31. The standard InChI is InChI=1S/C17H19NO3/c1-2-14(19-7-1)11-18-17(12-3-4-12)13-5-6-15-16(10-13)21-9-8-20-15/h1-2,5-7,10,12,17-18H,3-4,8-9,11H2. The highest BCUT2D eigenvalue weighted by Gasteiger charge is 2.32. The summed E-state index contributed by atoms with van der Waals surface area (Å²) in [4.78, 5) is 0. The van der Waals surface area contributed by atoms with E-state index in [4.69, 9.17) is 13.9 Å². The van der Waals surface area contributed by atoms with Gasteiger partial charge in [-0.25, -0.2) is 0 Å². The van der Waals surface area contributed by atoms with Crippen molar-refractivity contribution in [2.24, 2.45) is 5.92 Å². The Labute approximate surface area is 124 Å². The molecule has 2 aliphatic rings. The predicted molar refractivity (Wildman–Crippen MR) is 78.4 cm³/mol. The van der Waals surface area contributed by atoms with Gasteiger partial charge in [-0.3, -0.25) is 0 Å². The van der Waals surface area contributed by atoms with E-state index in [0.29, 0.717) is 25.2 Å². The molecule has 1 atom stereocenters. The topological polar surface area (TPSA) is 43.6 Å². The minimum atomic E-state index is 0.353. The average molecular weight is 285 g/mol. The first-order valence-electron chi connectivity index (χ1n) is 7.55. The summed E-state index contributed by atoms with van der Waals surface area (Å²) in [5.41, 5.74) is 1.27. The maximum absolute atomic E-state index is 5.69. The van der Waals surface area contributed by atoms with Crippen molar-refractivity contribution >= 4 is 0 Å². The number of fused-ring (bicyclic) bond motifs is 1. The SMILES string of the molecule is c1coc(CNC(c2ccc3c(c2)OCCO3)C2CC2)c1. The van der Waals surface area contributed by atoms with E-state index in [0.717, 1.165) is 23.8 Å². The second kappa shape index (κ2) is 5.45. The number of hydrogen-bond acceptors (Lipinski definition) is 4. The van der Waals surface area contributed by atoms with Gasteiger partial charge in [-0.05, 0) is 48.6 Å². The normalized spacial score (nSPS) is 18.5. The second-order valence-electron chi connectivity index (χ2n) is 5.68. The molecule has 0 saturated heterocycles. The molecule has 4 nitrogen and oxygen atoms in total. The summed E-state index contributed by atoms with van der Waals surface area (Å²) >= 11 is 0. The van der Waals surface area contributed by atoms with Crippen LogP contribution in [0.25, 0.3) is 0 Å². The molecule has 110 valence electrons. The molecule has 1 unspecified atom stereocenters. The van der Waals surface area contributed by atoms with E-state index in [9.17, 15) is 0 Å². The number of hydrogen-bond donors (Lipinski definition) is 1. The zero-order valence-electron chi connectivity index (χ0n) is 11.9. The molecule has 1 aromatic heterocycles. The summed E-state index contributed by atoms with van der Waals surface area (Å²) in [5.74, 6) is 3.40. The smallest absolute Gasteiger partial charge is 0.161 e. The Balaban J connectivity index is 1.53. The lowest BCUT2D eigenvalue weighted by Crippen LogP contribution is -2.23. The number of benzene rings is 1. The Hall–Kier alpha value is -1.94. The van der Waals surface area contributed by atoms with E-state index in [-0.39, 0.29) is 0 Å². The van der Waals surface area contributed by atoms with Crippen LogP contribution in [0.4, 0.5) is 0 Å². The quantitative estimate of drug-likeness (QED) is 0.915. The molecule has 1 aromatic carbocycles. The third-order valence-electron chi connectivity index (χ3n) is 4.10. The Bertz CT molecular complexity index is 605. The minimum absolute atomic E-state index is 0.353. The van der Waals surface area contributed by atoms with E-state index < -0.39 is 0 Å². The van der Waals surface area contributed by atoms with Crippen LogP contribution in [-0.2, 0) is 6.54 Å². The van der Waals surface area contributed by atoms with Crippen LogP contribution in [0, 0.1) is 5.92 Å². The van der Waals surface area contributed by atoms with E-state index in [1.54, 1.807) is 6.26 Å². The van der Waals surface area contributed by atoms with Crippen molar-refractivity contribution in [2.45, 2.75) is 25.4 Å². The molecule has 2 aromatic rings. The number of furan rings is 1. The zero-order chi connectivity index (χ0) is 14.1.